The Bertz CT molecular complexity index is 1470. The molecule has 3 aromatic heterocycles. The Hall–Kier alpha value is -4.28. The first-order chi connectivity index (χ1) is 16.9. The Labute approximate surface area is 198 Å². The summed E-state index contributed by atoms with van der Waals surface area (Å²) in [7, 11) is 1.54. The van der Waals surface area contributed by atoms with Crippen LogP contribution < -0.4 is 5.32 Å². The Balaban J connectivity index is 1.53. The first-order valence-corrected chi connectivity index (χ1v) is 11.0. The highest BCUT2D eigenvalue weighted by molar-refractivity contribution is 5.81. The van der Waals surface area contributed by atoms with Gasteiger partial charge in [0.05, 0.1) is 12.1 Å². The number of aryl methyl sites for hydroxylation is 1. The predicted molar refractivity (Wildman–Crippen MR) is 126 cm³/mol. The fourth-order valence-corrected chi connectivity index (χ4v) is 4.09. The van der Waals surface area contributed by atoms with E-state index in [1.165, 1.54) is 0 Å². The molecule has 0 aliphatic heterocycles. The number of hydrogen-bond donors (Lipinski definition) is 2. The molecule has 0 aliphatic rings. The lowest BCUT2D eigenvalue weighted by atomic mass is 9.98. The Morgan fingerprint density at radius 1 is 1.00 bits per heavy atom. The van der Waals surface area contributed by atoms with Gasteiger partial charge in [-0.2, -0.15) is 18.4 Å². The molecule has 0 spiro atoms. The number of rotatable bonds is 6. The van der Waals surface area contributed by atoms with Crippen molar-refractivity contribution in [3.8, 4) is 22.5 Å². The zero-order valence-electron chi connectivity index (χ0n) is 18.9. The van der Waals surface area contributed by atoms with E-state index >= 15 is 0 Å². The van der Waals surface area contributed by atoms with Crippen molar-refractivity contribution in [1.82, 2.24) is 35.2 Å². The van der Waals surface area contributed by atoms with Crippen LogP contribution in [0.1, 0.15) is 23.9 Å². The van der Waals surface area contributed by atoms with Crippen molar-refractivity contribution in [2.75, 3.05) is 12.4 Å². The largest absolute Gasteiger partial charge is 0.418 e. The zero-order valence-corrected chi connectivity index (χ0v) is 18.9. The molecule has 5 aromatic rings. The minimum absolute atomic E-state index is 0.140. The summed E-state index contributed by atoms with van der Waals surface area (Å²) in [4.78, 5) is 8.71. The standard InChI is InChI=1S/C24H21F3N8/c1-3-20-30-21-18(24(25,26)27)12-19(28-2)29-23(21)35(20)13-14-8-10-15(11-9-14)16-6-4-5-7-17(16)22-31-33-34-32-22/h4-12H,3,13H2,1-2H3,(H,28,29)(H,31,32,33,34). The van der Waals surface area contributed by atoms with E-state index < -0.39 is 11.7 Å². The molecule has 5 rings (SSSR count). The van der Waals surface area contributed by atoms with Gasteiger partial charge in [0, 0.05) is 19.0 Å². The maximum absolute atomic E-state index is 13.7. The van der Waals surface area contributed by atoms with E-state index in [0.29, 0.717) is 24.6 Å². The van der Waals surface area contributed by atoms with E-state index in [2.05, 4.69) is 35.9 Å². The van der Waals surface area contributed by atoms with Crippen molar-refractivity contribution >= 4 is 17.0 Å². The lowest BCUT2D eigenvalue weighted by Gasteiger charge is -2.12. The summed E-state index contributed by atoms with van der Waals surface area (Å²) >= 11 is 0. The molecular weight excluding hydrogens is 457 g/mol. The molecule has 0 radical (unpaired) electrons. The van der Waals surface area contributed by atoms with Gasteiger partial charge in [-0.3, -0.25) is 0 Å². The van der Waals surface area contributed by atoms with Crippen molar-refractivity contribution in [2.45, 2.75) is 26.1 Å². The van der Waals surface area contributed by atoms with Crippen LogP contribution in [0.2, 0.25) is 0 Å². The number of pyridine rings is 1. The van der Waals surface area contributed by atoms with E-state index in [4.69, 9.17) is 0 Å². The minimum Gasteiger partial charge on any atom is -0.373 e. The van der Waals surface area contributed by atoms with Crippen LogP contribution in [0.5, 0.6) is 0 Å². The molecule has 3 heterocycles. The Morgan fingerprint density at radius 3 is 2.37 bits per heavy atom. The number of imidazole rings is 1. The van der Waals surface area contributed by atoms with Crippen molar-refractivity contribution in [3.05, 3.63) is 71.5 Å². The quantitative estimate of drug-likeness (QED) is 0.359. The van der Waals surface area contributed by atoms with E-state index in [1.54, 1.807) is 11.6 Å². The number of halogens is 3. The van der Waals surface area contributed by atoms with Gasteiger partial charge in [0.1, 0.15) is 17.2 Å². The number of aromatic nitrogens is 7. The third kappa shape index (κ3) is 4.20. The second-order valence-electron chi connectivity index (χ2n) is 7.92. The summed E-state index contributed by atoms with van der Waals surface area (Å²) in [6.07, 6.45) is -4.07. The average Bonchev–Trinajstić information content (AvgIpc) is 3.52. The van der Waals surface area contributed by atoms with Crippen LogP contribution in [-0.2, 0) is 19.1 Å². The number of aromatic amines is 1. The summed E-state index contributed by atoms with van der Waals surface area (Å²) in [6.45, 7) is 2.20. The molecule has 2 aromatic carbocycles. The summed E-state index contributed by atoms with van der Waals surface area (Å²) in [6, 6.07) is 16.5. The van der Waals surface area contributed by atoms with E-state index in [1.807, 2.05) is 55.5 Å². The number of alkyl halides is 3. The van der Waals surface area contributed by atoms with Crippen LogP contribution >= 0.6 is 0 Å². The number of anilines is 1. The van der Waals surface area contributed by atoms with E-state index in [9.17, 15) is 13.2 Å². The zero-order chi connectivity index (χ0) is 24.6. The monoisotopic (exact) mass is 478 g/mol. The van der Waals surface area contributed by atoms with E-state index in [0.717, 1.165) is 28.3 Å². The van der Waals surface area contributed by atoms with Crippen LogP contribution in [0.3, 0.4) is 0 Å². The van der Waals surface area contributed by atoms with Gasteiger partial charge in [-0.25, -0.2) is 9.97 Å². The van der Waals surface area contributed by atoms with Gasteiger partial charge in [-0.05, 0) is 28.0 Å². The number of H-pyrrole nitrogens is 1. The van der Waals surface area contributed by atoms with Gasteiger partial charge >= 0.3 is 6.18 Å². The lowest BCUT2D eigenvalue weighted by Crippen LogP contribution is -2.09. The van der Waals surface area contributed by atoms with E-state index in [-0.39, 0.29) is 17.0 Å². The van der Waals surface area contributed by atoms with Crippen LogP contribution in [0.15, 0.2) is 54.6 Å². The SMILES string of the molecule is CCc1nc2c(C(F)(F)F)cc(NC)nc2n1Cc1ccc(-c2ccccc2-c2nn[nH]n2)cc1. The van der Waals surface area contributed by atoms with Gasteiger partial charge in [0.25, 0.3) is 0 Å². The molecule has 8 nitrogen and oxygen atoms in total. The van der Waals surface area contributed by atoms with Crippen LogP contribution in [0.4, 0.5) is 19.0 Å². The molecule has 0 saturated carbocycles. The minimum atomic E-state index is -4.54. The summed E-state index contributed by atoms with van der Waals surface area (Å²) in [5, 5.41) is 17.0. The third-order valence-corrected chi connectivity index (χ3v) is 5.78. The van der Waals surface area contributed by atoms with Crippen LogP contribution in [0, 0.1) is 0 Å². The maximum atomic E-state index is 13.7. The number of tetrazole rings is 1. The van der Waals surface area contributed by atoms with Gasteiger partial charge in [-0.15, -0.1) is 10.2 Å². The number of hydrogen-bond acceptors (Lipinski definition) is 6. The average molecular weight is 478 g/mol. The number of benzene rings is 2. The molecule has 0 fully saturated rings. The smallest absolute Gasteiger partial charge is 0.373 e. The maximum Gasteiger partial charge on any atom is 0.418 e. The number of nitrogens with one attached hydrogen (secondary N) is 2. The molecule has 0 amide bonds. The molecule has 0 aliphatic carbocycles. The van der Waals surface area contributed by atoms with Crippen molar-refractivity contribution in [2.24, 2.45) is 0 Å². The van der Waals surface area contributed by atoms with Gasteiger partial charge in [0.15, 0.2) is 5.65 Å². The Kier molecular flexibility index (Phi) is 5.67. The molecule has 0 atom stereocenters. The lowest BCUT2D eigenvalue weighted by molar-refractivity contribution is -0.136. The molecule has 0 bridgehead atoms. The van der Waals surface area contributed by atoms with Gasteiger partial charge in [-0.1, -0.05) is 55.5 Å². The van der Waals surface area contributed by atoms with Gasteiger partial charge in [0.2, 0.25) is 5.82 Å². The first kappa shape index (κ1) is 22.5. The molecule has 178 valence electrons. The molecule has 35 heavy (non-hydrogen) atoms. The second kappa shape index (κ2) is 8.82. The number of fused-ring (bicyclic) bond motifs is 1. The molecule has 11 heteroatoms. The molecule has 0 saturated heterocycles. The summed E-state index contributed by atoms with van der Waals surface area (Å²) < 4.78 is 42.9. The van der Waals surface area contributed by atoms with Crippen LogP contribution in [-0.4, -0.2) is 42.2 Å². The summed E-state index contributed by atoms with van der Waals surface area (Å²) in [5.74, 6) is 1.17. The molecular formula is C24H21F3N8. The Morgan fingerprint density at radius 2 is 1.74 bits per heavy atom. The second-order valence-corrected chi connectivity index (χ2v) is 7.92. The highest BCUT2D eigenvalue weighted by atomic mass is 19.4. The summed E-state index contributed by atoms with van der Waals surface area (Å²) in [5.41, 5.74) is 2.91. The van der Waals surface area contributed by atoms with Crippen LogP contribution in [0.25, 0.3) is 33.7 Å². The highest BCUT2D eigenvalue weighted by Crippen LogP contribution is 2.36. The third-order valence-electron chi connectivity index (χ3n) is 5.78. The first-order valence-electron chi connectivity index (χ1n) is 11.0. The van der Waals surface area contributed by atoms with Crippen molar-refractivity contribution in [3.63, 3.8) is 0 Å². The van der Waals surface area contributed by atoms with Crippen molar-refractivity contribution in [1.29, 1.82) is 0 Å². The predicted octanol–water partition coefficient (Wildman–Crippen LogP) is 4.95. The fourth-order valence-electron chi connectivity index (χ4n) is 4.09. The van der Waals surface area contributed by atoms with Crippen molar-refractivity contribution < 1.29 is 13.2 Å². The highest BCUT2D eigenvalue weighted by Gasteiger charge is 2.35. The number of nitrogens with zero attached hydrogens (tertiary/aromatic N) is 6. The van der Waals surface area contributed by atoms with Gasteiger partial charge < -0.3 is 9.88 Å². The normalized spacial score (nSPS) is 11.8. The fraction of sp³-hybridized carbons (Fsp3) is 0.208. The molecule has 2 N–H and O–H groups in total. The molecule has 0 unspecified atom stereocenters. The topological polar surface area (TPSA) is 97.2 Å².